The summed E-state index contributed by atoms with van der Waals surface area (Å²) in [5.41, 5.74) is 4.79. The number of benzene rings is 2. The molecule has 0 bridgehead atoms. The van der Waals surface area contributed by atoms with E-state index in [1.54, 1.807) is 22.7 Å². The summed E-state index contributed by atoms with van der Waals surface area (Å²) < 4.78 is 0. The van der Waals surface area contributed by atoms with Gasteiger partial charge in [-0.15, -0.1) is 22.7 Å². The summed E-state index contributed by atoms with van der Waals surface area (Å²) in [5.74, 6) is 0. The summed E-state index contributed by atoms with van der Waals surface area (Å²) in [6.45, 7) is 0. The Bertz CT molecular complexity index is 1020. The van der Waals surface area contributed by atoms with E-state index in [4.69, 9.17) is 23.2 Å². The SMILES string of the molecule is Clc1ccc(C=Cc2cc(-c3csc(C=Cc4ccc(Cl)cc4)c3)cs2)cc1. The molecule has 4 aromatic rings. The maximum Gasteiger partial charge on any atom is 0.0406 e. The molecule has 4 heteroatoms. The molecule has 0 nitrogen and oxygen atoms in total. The minimum atomic E-state index is 0.758. The maximum atomic E-state index is 5.93. The summed E-state index contributed by atoms with van der Waals surface area (Å²) in [5, 5.41) is 5.93. The average Bonchev–Trinajstić information content (AvgIpc) is 3.36. The molecule has 0 N–H and O–H groups in total. The van der Waals surface area contributed by atoms with Gasteiger partial charge >= 0.3 is 0 Å². The Morgan fingerprint density at radius 2 is 0.929 bits per heavy atom. The molecule has 4 rings (SSSR count). The predicted molar refractivity (Wildman–Crippen MR) is 128 cm³/mol. The fraction of sp³-hybridized carbons (Fsp3) is 0. The molecule has 0 spiro atoms. The van der Waals surface area contributed by atoms with Crippen LogP contribution in [0.4, 0.5) is 0 Å². The van der Waals surface area contributed by atoms with Crippen LogP contribution < -0.4 is 0 Å². The smallest absolute Gasteiger partial charge is 0.0406 e. The van der Waals surface area contributed by atoms with Crippen LogP contribution in [0.5, 0.6) is 0 Å². The minimum Gasteiger partial charge on any atom is -0.144 e. The Labute approximate surface area is 183 Å². The van der Waals surface area contributed by atoms with Gasteiger partial charge in [0.25, 0.3) is 0 Å². The monoisotopic (exact) mass is 438 g/mol. The van der Waals surface area contributed by atoms with Crippen LogP contribution >= 0.6 is 45.9 Å². The molecule has 0 aliphatic heterocycles. The highest BCUT2D eigenvalue weighted by atomic mass is 35.5. The third kappa shape index (κ3) is 5.03. The summed E-state index contributed by atoms with van der Waals surface area (Å²) in [7, 11) is 0. The molecule has 138 valence electrons. The molecule has 0 amide bonds. The van der Waals surface area contributed by atoms with Gasteiger partial charge in [-0.3, -0.25) is 0 Å². The van der Waals surface area contributed by atoms with Gasteiger partial charge in [0.1, 0.15) is 0 Å². The van der Waals surface area contributed by atoms with Crippen molar-refractivity contribution in [1.29, 1.82) is 0 Å². The Morgan fingerprint density at radius 3 is 1.32 bits per heavy atom. The van der Waals surface area contributed by atoms with Crippen LogP contribution in [0, 0.1) is 0 Å². The van der Waals surface area contributed by atoms with Crippen LogP contribution in [-0.2, 0) is 0 Å². The average molecular weight is 439 g/mol. The zero-order valence-electron chi connectivity index (χ0n) is 14.8. The minimum absolute atomic E-state index is 0.758. The van der Waals surface area contributed by atoms with Crippen molar-refractivity contribution in [3.8, 4) is 11.1 Å². The molecule has 0 atom stereocenters. The molecule has 2 aromatic carbocycles. The second-order valence-electron chi connectivity index (χ2n) is 6.25. The van der Waals surface area contributed by atoms with E-state index in [2.05, 4.69) is 47.2 Å². The first-order valence-electron chi connectivity index (χ1n) is 8.70. The van der Waals surface area contributed by atoms with Gasteiger partial charge in [0.2, 0.25) is 0 Å². The van der Waals surface area contributed by atoms with Crippen molar-refractivity contribution in [3.05, 3.63) is 102 Å². The van der Waals surface area contributed by atoms with E-state index < -0.39 is 0 Å². The van der Waals surface area contributed by atoms with Crippen LogP contribution in [0.3, 0.4) is 0 Å². The molecular formula is C24H16Cl2S2. The van der Waals surface area contributed by atoms with Gasteiger partial charge in [0, 0.05) is 19.8 Å². The molecule has 0 aliphatic rings. The quantitative estimate of drug-likeness (QED) is 0.291. The first-order valence-corrected chi connectivity index (χ1v) is 11.2. The van der Waals surface area contributed by atoms with Crippen molar-refractivity contribution < 1.29 is 0 Å². The number of halogens is 2. The number of thiophene rings is 2. The highest BCUT2D eigenvalue weighted by molar-refractivity contribution is 7.12. The second-order valence-corrected chi connectivity index (χ2v) is 9.00. The molecule has 0 aliphatic carbocycles. The van der Waals surface area contributed by atoms with Crippen molar-refractivity contribution in [2.75, 3.05) is 0 Å². The third-order valence-corrected chi connectivity index (χ3v) is 6.49. The lowest BCUT2D eigenvalue weighted by atomic mass is 10.1. The van der Waals surface area contributed by atoms with Gasteiger partial charge in [-0.05, 0) is 81.6 Å². The number of rotatable bonds is 5. The van der Waals surface area contributed by atoms with Crippen LogP contribution in [0.1, 0.15) is 20.9 Å². The lowest BCUT2D eigenvalue weighted by Gasteiger charge is -1.93. The lowest BCUT2D eigenvalue weighted by molar-refractivity contribution is 1.66. The van der Waals surface area contributed by atoms with Gasteiger partial charge in [0.15, 0.2) is 0 Å². The zero-order valence-corrected chi connectivity index (χ0v) is 18.0. The number of hydrogen-bond acceptors (Lipinski definition) is 2. The molecule has 0 saturated carbocycles. The van der Waals surface area contributed by atoms with E-state index in [9.17, 15) is 0 Å². The lowest BCUT2D eigenvalue weighted by Crippen LogP contribution is -1.70. The van der Waals surface area contributed by atoms with E-state index in [1.165, 1.54) is 20.9 Å². The first-order chi connectivity index (χ1) is 13.7. The van der Waals surface area contributed by atoms with Gasteiger partial charge in [-0.2, -0.15) is 0 Å². The molecular weight excluding hydrogens is 423 g/mol. The highest BCUT2D eigenvalue weighted by Crippen LogP contribution is 2.31. The molecule has 2 heterocycles. The van der Waals surface area contributed by atoms with Crippen molar-refractivity contribution in [1.82, 2.24) is 0 Å². The van der Waals surface area contributed by atoms with Crippen molar-refractivity contribution in [2.45, 2.75) is 0 Å². The van der Waals surface area contributed by atoms with E-state index in [-0.39, 0.29) is 0 Å². The fourth-order valence-electron chi connectivity index (χ4n) is 2.69. The Kier molecular flexibility index (Phi) is 6.13. The summed E-state index contributed by atoms with van der Waals surface area (Å²) in [6.07, 6.45) is 8.51. The molecule has 0 fully saturated rings. The maximum absolute atomic E-state index is 5.93. The molecule has 0 unspecified atom stereocenters. The van der Waals surface area contributed by atoms with Gasteiger partial charge in [-0.25, -0.2) is 0 Å². The second kappa shape index (κ2) is 8.93. The predicted octanol–water partition coefficient (Wildman–Crippen LogP) is 9.12. The topological polar surface area (TPSA) is 0 Å². The van der Waals surface area contributed by atoms with E-state index >= 15 is 0 Å². The summed E-state index contributed by atoms with van der Waals surface area (Å²) in [4.78, 5) is 2.46. The molecule has 2 aromatic heterocycles. The summed E-state index contributed by atoms with van der Waals surface area (Å²) >= 11 is 15.4. The number of hydrogen-bond donors (Lipinski definition) is 0. The fourth-order valence-corrected chi connectivity index (χ4v) is 4.56. The first kappa shape index (κ1) is 19.2. The largest absolute Gasteiger partial charge is 0.144 e. The van der Waals surface area contributed by atoms with Gasteiger partial charge < -0.3 is 0 Å². The van der Waals surface area contributed by atoms with Crippen LogP contribution in [-0.4, -0.2) is 0 Å². The van der Waals surface area contributed by atoms with E-state index in [1.807, 2.05) is 48.5 Å². The molecule has 0 radical (unpaired) electrons. The van der Waals surface area contributed by atoms with Gasteiger partial charge in [-0.1, -0.05) is 59.6 Å². The normalized spacial score (nSPS) is 11.6. The van der Waals surface area contributed by atoms with Gasteiger partial charge in [0.05, 0.1) is 0 Å². The molecule has 28 heavy (non-hydrogen) atoms. The summed E-state index contributed by atoms with van der Waals surface area (Å²) in [6, 6.07) is 20.2. The van der Waals surface area contributed by atoms with E-state index in [0.717, 1.165) is 21.2 Å². The van der Waals surface area contributed by atoms with Crippen molar-refractivity contribution in [3.63, 3.8) is 0 Å². The van der Waals surface area contributed by atoms with Crippen molar-refractivity contribution in [2.24, 2.45) is 0 Å². The van der Waals surface area contributed by atoms with Crippen LogP contribution in [0.25, 0.3) is 35.4 Å². The Hall–Kier alpha value is -2.10. The Morgan fingerprint density at radius 1 is 0.536 bits per heavy atom. The van der Waals surface area contributed by atoms with E-state index in [0.29, 0.717) is 0 Å². The Balaban J connectivity index is 1.45. The van der Waals surface area contributed by atoms with Crippen LogP contribution in [0.2, 0.25) is 10.0 Å². The highest BCUT2D eigenvalue weighted by Gasteiger charge is 2.04. The zero-order chi connectivity index (χ0) is 19.3. The third-order valence-electron chi connectivity index (χ3n) is 4.19. The molecule has 0 saturated heterocycles. The van der Waals surface area contributed by atoms with Crippen molar-refractivity contribution >= 4 is 70.2 Å². The standard InChI is InChI=1S/C24H16Cl2S2/c25-21-7-1-17(2-8-21)5-11-23-13-19(15-27-23)20-14-24(28-16-20)12-6-18-3-9-22(26)10-4-18/h1-16H. The van der Waals surface area contributed by atoms with Crippen LogP contribution in [0.15, 0.2) is 71.4 Å².